The highest BCUT2D eigenvalue weighted by atomic mass is 32.2. The third kappa shape index (κ3) is 4.25. The van der Waals surface area contributed by atoms with Crippen LogP contribution in [0.15, 0.2) is 47.6 Å². The average Bonchev–Trinajstić information content (AvgIpc) is 3.14. The van der Waals surface area contributed by atoms with Crippen LogP contribution in [0.2, 0.25) is 0 Å². The van der Waals surface area contributed by atoms with Crippen molar-refractivity contribution < 1.29 is 39.2 Å². The lowest BCUT2D eigenvalue weighted by atomic mass is 10.1. The molecular formula is C17H10F7N3O2S. The molecule has 3 rings (SSSR count). The number of hydrogen-bond donors (Lipinski definition) is 2. The van der Waals surface area contributed by atoms with E-state index in [1.54, 1.807) is 4.72 Å². The van der Waals surface area contributed by atoms with Gasteiger partial charge in [-0.25, -0.2) is 26.0 Å². The lowest BCUT2D eigenvalue weighted by Crippen LogP contribution is -2.15. The van der Waals surface area contributed by atoms with Crippen molar-refractivity contribution in [3.8, 4) is 11.4 Å². The fourth-order valence-electron chi connectivity index (χ4n) is 2.53. The number of nitrogens with zero attached hydrogens (tertiary/aromatic N) is 1. The van der Waals surface area contributed by atoms with E-state index < -0.39 is 56.0 Å². The fourth-order valence-corrected chi connectivity index (χ4v) is 3.58. The molecule has 5 nitrogen and oxygen atoms in total. The minimum Gasteiger partial charge on any atom is -0.359 e. The molecular weight excluding hydrogens is 443 g/mol. The molecule has 0 saturated carbocycles. The number of sulfonamides is 1. The minimum atomic E-state index is -5.18. The Balaban J connectivity index is 1.95. The van der Waals surface area contributed by atoms with Crippen molar-refractivity contribution in [2.24, 2.45) is 0 Å². The molecule has 160 valence electrons. The van der Waals surface area contributed by atoms with Gasteiger partial charge in [-0.05, 0) is 24.3 Å². The van der Waals surface area contributed by atoms with Gasteiger partial charge in [0.25, 0.3) is 16.4 Å². The Hall–Kier alpha value is -3.09. The van der Waals surface area contributed by atoms with Crippen LogP contribution in [0.5, 0.6) is 0 Å². The molecule has 0 fully saturated rings. The van der Waals surface area contributed by atoms with Crippen LogP contribution in [0.3, 0.4) is 0 Å². The van der Waals surface area contributed by atoms with Crippen LogP contribution in [-0.2, 0) is 16.2 Å². The second kappa shape index (κ2) is 7.63. The zero-order chi connectivity index (χ0) is 22.3. The van der Waals surface area contributed by atoms with Gasteiger partial charge in [0.2, 0.25) is 0 Å². The third-order valence-electron chi connectivity index (χ3n) is 3.90. The number of benzene rings is 1. The predicted molar refractivity (Wildman–Crippen MR) is 91.1 cm³/mol. The quantitative estimate of drug-likeness (QED) is 0.527. The molecule has 0 saturated heterocycles. The Kier molecular flexibility index (Phi) is 5.50. The number of rotatable bonds is 5. The van der Waals surface area contributed by atoms with E-state index in [4.69, 9.17) is 0 Å². The monoisotopic (exact) mass is 453 g/mol. The molecule has 0 aliphatic carbocycles. The van der Waals surface area contributed by atoms with E-state index in [-0.39, 0.29) is 23.5 Å². The van der Waals surface area contributed by atoms with Crippen LogP contribution in [0.1, 0.15) is 17.6 Å². The molecule has 13 heteroatoms. The van der Waals surface area contributed by atoms with Crippen molar-refractivity contribution in [1.82, 2.24) is 9.97 Å². The standard InChI is InChI=1S/C17H10F7N3O2S/c18-11-6-13(12(19)5-10(11)17(22,23)24)27-30(28,29)8-4-14(26-7-8)15-9(16(20)21)2-1-3-25-15/h1-7,16,26-27H. The molecule has 30 heavy (non-hydrogen) atoms. The smallest absolute Gasteiger partial charge is 0.359 e. The highest BCUT2D eigenvalue weighted by Gasteiger charge is 2.35. The Morgan fingerprint density at radius 1 is 1.07 bits per heavy atom. The summed E-state index contributed by atoms with van der Waals surface area (Å²) in [6.45, 7) is 0. The first-order valence-corrected chi connectivity index (χ1v) is 9.39. The summed E-state index contributed by atoms with van der Waals surface area (Å²) in [5.41, 5.74) is -3.78. The summed E-state index contributed by atoms with van der Waals surface area (Å²) >= 11 is 0. The van der Waals surface area contributed by atoms with Crippen LogP contribution < -0.4 is 4.72 Å². The van der Waals surface area contributed by atoms with E-state index in [1.807, 2.05) is 0 Å². The summed E-state index contributed by atoms with van der Waals surface area (Å²) in [5, 5.41) is 0. The highest BCUT2D eigenvalue weighted by Crippen LogP contribution is 2.35. The fraction of sp³-hybridized carbons (Fsp3) is 0.118. The molecule has 0 atom stereocenters. The molecule has 0 aliphatic heterocycles. The van der Waals surface area contributed by atoms with Gasteiger partial charge in [0.1, 0.15) is 16.5 Å². The van der Waals surface area contributed by atoms with Gasteiger partial charge in [0.05, 0.1) is 22.6 Å². The highest BCUT2D eigenvalue weighted by molar-refractivity contribution is 7.92. The van der Waals surface area contributed by atoms with Gasteiger partial charge in [-0.15, -0.1) is 0 Å². The second-order valence-corrected chi connectivity index (χ2v) is 7.59. The average molecular weight is 453 g/mol. The summed E-state index contributed by atoms with van der Waals surface area (Å²) in [6, 6.07) is 3.13. The molecule has 2 N–H and O–H groups in total. The van der Waals surface area contributed by atoms with Crippen molar-refractivity contribution in [2.45, 2.75) is 17.5 Å². The van der Waals surface area contributed by atoms with Crippen molar-refractivity contribution >= 4 is 15.7 Å². The van der Waals surface area contributed by atoms with E-state index in [9.17, 15) is 39.2 Å². The summed E-state index contributed by atoms with van der Waals surface area (Å²) < 4.78 is 118. The van der Waals surface area contributed by atoms with E-state index in [0.717, 1.165) is 18.3 Å². The van der Waals surface area contributed by atoms with Crippen LogP contribution in [-0.4, -0.2) is 18.4 Å². The number of pyridine rings is 1. The molecule has 0 unspecified atom stereocenters. The molecule has 0 aliphatic rings. The molecule has 2 aromatic heterocycles. The zero-order valence-electron chi connectivity index (χ0n) is 14.4. The van der Waals surface area contributed by atoms with Crippen molar-refractivity contribution in [1.29, 1.82) is 0 Å². The SMILES string of the molecule is O=S(=O)(Nc1cc(F)c(C(F)(F)F)cc1F)c1c[nH]c(-c2ncccc2C(F)F)c1. The van der Waals surface area contributed by atoms with E-state index >= 15 is 0 Å². The number of anilines is 1. The molecule has 0 spiro atoms. The van der Waals surface area contributed by atoms with E-state index in [0.29, 0.717) is 0 Å². The predicted octanol–water partition coefficient (Wildman–Crippen LogP) is 5.11. The maximum absolute atomic E-state index is 13.9. The maximum atomic E-state index is 13.9. The van der Waals surface area contributed by atoms with Gasteiger partial charge < -0.3 is 4.98 Å². The number of alkyl halides is 5. The first-order valence-electron chi connectivity index (χ1n) is 7.91. The number of nitrogens with one attached hydrogen (secondary N) is 2. The maximum Gasteiger partial charge on any atom is 0.419 e. The number of H-pyrrole nitrogens is 1. The Morgan fingerprint density at radius 2 is 1.77 bits per heavy atom. The lowest BCUT2D eigenvalue weighted by molar-refractivity contribution is -0.140. The molecule has 0 amide bonds. The van der Waals surface area contributed by atoms with Gasteiger partial charge in [-0.1, -0.05) is 0 Å². The van der Waals surface area contributed by atoms with Gasteiger partial charge in [0.15, 0.2) is 0 Å². The van der Waals surface area contributed by atoms with Crippen molar-refractivity contribution in [2.75, 3.05) is 4.72 Å². The Morgan fingerprint density at radius 3 is 2.40 bits per heavy atom. The largest absolute Gasteiger partial charge is 0.419 e. The van der Waals surface area contributed by atoms with Gasteiger partial charge >= 0.3 is 6.18 Å². The second-order valence-electron chi connectivity index (χ2n) is 5.91. The van der Waals surface area contributed by atoms with Crippen LogP contribution in [0, 0.1) is 11.6 Å². The first-order chi connectivity index (χ1) is 13.9. The molecule has 1 aromatic carbocycles. The summed E-state index contributed by atoms with van der Waals surface area (Å²) in [6.07, 6.45) is -6.00. The number of halogens is 7. The lowest BCUT2D eigenvalue weighted by Gasteiger charge is -2.12. The van der Waals surface area contributed by atoms with Crippen molar-refractivity contribution in [3.05, 3.63) is 65.5 Å². The summed E-state index contributed by atoms with van der Waals surface area (Å²) in [7, 11) is -4.61. The first kappa shape index (κ1) is 21.6. The van der Waals surface area contributed by atoms with E-state index in [2.05, 4.69) is 9.97 Å². The van der Waals surface area contributed by atoms with Gasteiger partial charge in [-0.3, -0.25) is 9.71 Å². The van der Waals surface area contributed by atoms with Crippen LogP contribution in [0.25, 0.3) is 11.4 Å². The van der Waals surface area contributed by atoms with Gasteiger partial charge in [-0.2, -0.15) is 13.2 Å². The molecule has 0 bridgehead atoms. The zero-order valence-corrected chi connectivity index (χ0v) is 15.3. The normalized spacial score (nSPS) is 12.4. The van der Waals surface area contributed by atoms with Crippen LogP contribution >= 0.6 is 0 Å². The number of aromatic nitrogens is 2. The summed E-state index contributed by atoms with van der Waals surface area (Å²) in [5.74, 6) is -3.54. The third-order valence-corrected chi connectivity index (χ3v) is 5.25. The molecule has 2 heterocycles. The molecule has 0 radical (unpaired) electrons. The molecule has 3 aromatic rings. The van der Waals surface area contributed by atoms with Crippen molar-refractivity contribution in [3.63, 3.8) is 0 Å². The topological polar surface area (TPSA) is 74.8 Å². The summed E-state index contributed by atoms with van der Waals surface area (Å²) in [4.78, 5) is 5.63. The number of aromatic amines is 1. The minimum absolute atomic E-state index is 0.0525. The van der Waals surface area contributed by atoms with Gasteiger partial charge in [0, 0.05) is 24.0 Å². The number of hydrogen-bond acceptors (Lipinski definition) is 3. The Bertz CT molecular complexity index is 1190. The Labute approximate surface area is 164 Å². The van der Waals surface area contributed by atoms with Crippen LogP contribution in [0.4, 0.5) is 36.4 Å². The van der Waals surface area contributed by atoms with E-state index in [1.165, 1.54) is 12.3 Å².